The number of carbonyl (C=O) groups is 1. The SMILES string of the molecule is CCOC1CC(NCC(C)(O)C(=O)OC)C1. The van der Waals surface area contributed by atoms with Crippen molar-refractivity contribution in [3.8, 4) is 0 Å². The van der Waals surface area contributed by atoms with Crippen molar-refractivity contribution < 1.29 is 19.4 Å². The Kier molecular flexibility index (Phi) is 4.70. The van der Waals surface area contributed by atoms with Crippen LogP contribution in [0.2, 0.25) is 0 Å². The maximum atomic E-state index is 11.2. The van der Waals surface area contributed by atoms with Gasteiger partial charge in [-0.2, -0.15) is 0 Å². The van der Waals surface area contributed by atoms with Crippen LogP contribution in [0.4, 0.5) is 0 Å². The minimum Gasteiger partial charge on any atom is -0.467 e. The quantitative estimate of drug-likeness (QED) is 0.633. The Morgan fingerprint density at radius 1 is 1.56 bits per heavy atom. The van der Waals surface area contributed by atoms with Crippen molar-refractivity contribution in [2.75, 3.05) is 20.3 Å². The van der Waals surface area contributed by atoms with E-state index in [1.165, 1.54) is 14.0 Å². The van der Waals surface area contributed by atoms with Crippen LogP contribution in [0, 0.1) is 0 Å². The largest absolute Gasteiger partial charge is 0.467 e. The zero-order valence-electron chi connectivity index (χ0n) is 10.2. The first kappa shape index (κ1) is 13.4. The molecular formula is C11H21NO4. The summed E-state index contributed by atoms with van der Waals surface area (Å²) < 4.78 is 9.92. The lowest BCUT2D eigenvalue weighted by molar-refractivity contribution is -0.160. The Morgan fingerprint density at radius 2 is 2.19 bits per heavy atom. The lowest BCUT2D eigenvalue weighted by Crippen LogP contribution is -2.53. The van der Waals surface area contributed by atoms with Crippen molar-refractivity contribution in [3.05, 3.63) is 0 Å². The van der Waals surface area contributed by atoms with Gasteiger partial charge in [-0.25, -0.2) is 4.79 Å². The maximum absolute atomic E-state index is 11.2. The molecule has 1 unspecified atom stereocenters. The second kappa shape index (κ2) is 5.61. The fraction of sp³-hybridized carbons (Fsp3) is 0.909. The van der Waals surface area contributed by atoms with Gasteiger partial charge in [0.05, 0.1) is 13.2 Å². The van der Waals surface area contributed by atoms with E-state index in [9.17, 15) is 9.90 Å². The molecule has 0 aromatic rings. The molecule has 1 fully saturated rings. The molecule has 1 saturated carbocycles. The highest BCUT2D eigenvalue weighted by atomic mass is 16.5. The Labute approximate surface area is 96.1 Å². The van der Waals surface area contributed by atoms with Crippen LogP contribution in [-0.2, 0) is 14.3 Å². The number of nitrogens with one attached hydrogen (secondary N) is 1. The van der Waals surface area contributed by atoms with Gasteiger partial charge in [0.15, 0.2) is 5.60 Å². The smallest absolute Gasteiger partial charge is 0.338 e. The molecule has 0 spiro atoms. The second-order valence-corrected chi connectivity index (χ2v) is 4.39. The van der Waals surface area contributed by atoms with Crippen LogP contribution in [-0.4, -0.2) is 49.1 Å². The van der Waals surface area contributed by atoms with Crippen molar-refractivity contribution in [1.82, 2.24) is 5.32 Å². The zero-order valence-corrected chi connectivity index (χ0v) is 10.2. The molecule has 5 nitrogen and oxygen atoms in total. The lowest BCUT2D eigenvalue weighted by Gasteiger charge is -2.37. The number of hydrogen-bond donors (Lipinski definition) is 2. The van der Waals surface area contributed by atoms with Gasteiger partial charge in [0.2, 0.25) is 0 Å². The van der Waals surface area contributed by atoms with E-state index in [0.29, 0.717) is 12.1 Å². The first-order valence-electron chi connectivity index (χ1n) is 5.65. The first-order chi connectivity index (χ1) is 7.49. The molecule has 1 atom stereocenters. The fourth-order valence-electron chi connectivity index (χ4n) is 1.74. The summed E-state index contributed by atoms with van der Waals surface area (Å²) in [6.07, 6.45) is 2.20. The molecule has 16 heavy (non-hydrogen) atoms. The van der Waals surface area contributed by atoms with Gasteiger partial charge in [-0.3, -0.25) is 0 Å². The summed E-state index contributed by atoms with van der Waals surface area (Å²) in [6, 6.07) is 0.327. The highest BCUT2D eigenvalue weighted by Gasteiger charge is 2.35. The monoisotopic (exact) mass is 231 g/mol. The molecule has 0 saturated heterocycles. The van der Waals surface area contributed by atoms with Gasteiger partial charge in [-0.15, -0.1) is 0 Å². The number of carbonyl (C=O) groups excluding carboxylic acids is 1. The van der Waals surface area contributed by atoms with Crippen molar-refractivity contribution in [2.24, 2.45) is 0 Å². The molecule has 1 rings (SSSR count). The average Bonchev–Trinajstić information content (AvgIpc) is 2.19. The van der Waals surface area contributed by atoms with Gasteiger partial charge < -0.3 is 19.9 Å². The second-order valence-electron chi connectivity index (χ2n) is 4.39. The molecule has 0 aromatic heterocycles. The number of hydrogen-bond acceptors (Lipinski definition) is 5. The van der Waals surface area contributed by atoms with E-state index < -0.39 is 11.6 Å². The number of aliphatic hydroxyl groups is 1. The molecule has 0 heterocycles. The standard InChI is InChI=1S/C11H21NO4/c1-4-16-9-5-8(6-9)12-7-11(2,14)10(13)15-3/h8-9,12,14H,4-7H2,1-3H3. The third kappa shape index (κ3) is 3.43. The van der Waals surface area contributed by atoms with Gasteiger partial charge in [0, 0.05) is 19.2 Å². The highest BCUT2D eigenvalue weighted by Crippen LogP contribution is 2.23. The average molecular weight is 231 g/mol. The lowest BCUT2D eigenvalue weighted by atomic mass is 9.88. The van der Waals surface area contributed by atoms with Gasteiger partial charge in [0.1, 0.15) is 0 Å². The van der Waals surface area contributed by atoms with E-state index in [2.05, 4.69) is 10.1 Å². The number of ether oxygens (including phenoxy) is 2. The van der Waals surface area contributed by atoms with Crippen LogP contribution in [0.5, 0.6) is 0 Å². The third-order valence-corrected chi connectivity index (χ3v) is 2.86. The number of methoxy groups -OCH3 is 1. The van der Waals surface area contributed by atoms with Crippen LogP contribution in [0.1, 0.15) is 26.7 Å². The van der Waals surface area contributed by atoms with Crippen molar-refractivity contribution >= 4 is 5.97 Å². The molecule has 0 bridgehead atoms. The molecule has 0 aliphatic heterocycles. The van der Waals surface area contributed by atoms with Crippen molar-refractivity contribution in [3.63, 3.8) is 0 Å². The molecule has 0 aromatic carbocycles. The van der Waals surface area contributed by atoms with E-state index in [-0.39, 0.29) is 6.54 Å². The minimum absolute atomic E-state index is 0.211. The van der Waals surface area contributed by atoms with Crippen LogP contribution in [0.3, 0.4) is 0 Å². The van der Waals surface area contributed by atoms with Gasteiger partial charge in [0.25, 0.3) is 0 Å². The van der Waals surface area contributed by atoms with E-state index in [1.807, 2.05) is 6.92 Å². The summed E-state index contributed by atoms with van der Waals surface area (Å²) in [5.41, 5.74) is -1.45. The van der Waals surface area contributed by atoms with Crippen LogP contribution in [0.25, 0.3) is 0 Å². The van der Waals surface area contributed by atoms with Gasteiger partial charge >= 0.3 is 5.97 Å². The summed E-state index contributed by atoms with van der Waals surface area (Å²) in [5.74, 6) is -0.610. The predicted molar refractivity (Wildman–Crippen MR) is 59.1 cm³/mol. The first-order valence-corrected chi connectivity index (χ1v) is 5.65. The third-order valence-electron chi connectivity index (χ3n) is 2.86. The number of esters is 1. The summed E-state index contributed by atoms with van der Waals surface area (Å²) in [6.45, 7) is 4.37. The highest BCUT2D eigenvalue weighted by molar-refractivity contribution is 5.78. The Bertz CT molecular complexity index is 236. The molecule has 1 aliphatic carbocycles. The fourth-order valence-corrected chi connectivity index (χ4v) is 1.74. The predicted octanol–water partition coefficient (Wildman–Crippen LogP) is 0.0675. The van der Waals surface area contributed by atoms with E-state index in [1.54, 1.807) is 0 Å². The van der Waals surface area contributed by atoms with Crippen molar-refractivity contribution in [2.45, 2.75) is 44.4 Å². The summed E-state index contributed by atoms with van der Waals surface area (Å²) in [7, 11) is 1.27. The zero-order chi connectivity index (χ0) is 12.2. The molecule has 0 amide bonds. The molecule has 0 radical (unpaired) electrons. The molecule has 94 valence electrons. The van der Waals surface area contributed by atoms with E-state index >= 15 is 0 Å². The van der Waals surface area contributed by atoms with Crippen molar-refractivity contribution in [1.29, 1.82) is 0 Å². The van der Waals surface area contributed by atoms with Crippen LogP contribution >= 0.6 is 0 Å². The molecule has 5 heteroatoms. The Balaban J connectivity index is 2.19. The molecular weight excluding hydrogens is 210 g/mol. The van der Waals surface area contributed by atoms with Crippen LogP contribution in [0.15, 0.2) is 0 Å². The molecule has 1 aliphatic rings. The summed E-state index contributed by atoms with van der Waals surface area (Å²) in [4.78, 5) is 11.2. The Hall–Kier alpha value is -0.650. The summed E-state index contributed by atoms with van der Waals surface area (Å²) >= 11 is 0. The van der Waals surface area contributed by atoms with E-state index in [4.69, 9.17) is 4.74 Å². The number of rotatable bonds is 6. The minimum atomic E-state index is -1.45. The molecule has 2 N–H and O–H groups in total. The van der Waals surface area contributed by atoms with Crippen LogP contribution < -0.4 is 5.32 Å². The topological polar surface area (TPSA) is 67.8 Å². The Morgan fingerprint density at radius 3 is 2.69 bits per heavy atom. The normalized spacial score (nSPS) is 28.0. The maximum Gasteiger partial charge on any atom is 0.338 e. The van der Waals surface area contributed by atoms with E-state index in [0.717, 1.165) is 19.4 Å². The summed E-state index contributed by atoms with van der Waals surface area (Å²) in [5, 5.41) is 12.9. The van der Waals surface area contributed by atoms with Gasteiger partial charge in [-0.05, 0) is 26.7 Å². The van der Waals surface area contributed by atoms with Gasteiger partial charge in [-0.1, -0.05) is 0 Å².